The maximum Gasteiger partial charge on any atom is 0.273 e. The number of hydrogen-bond acceptors (Lipinski definition) is 4. The number of allylic oxidation sites excluding steroid dienone is 6. The Hall–Kier alpha value is -4.75. The van der Waals surface area contributed by atoms with E-state index in [0.717, 1.165) is 11.4 Å². The van der Waals surface area contributed by atoms with E-state index in [1.54, 1.807) is 60.7 Å². The van der Waals surface area contributed by atoms with Crippen LogP contribution in [0.1, 0.15) is 27.6 Å². The van der Waals surface area contributed by atoms with Gasteiger partial charge in [0.2, 0.25) is 5.78 Å². The Morgan fingerprint density at radius 3 is 1.90 bits per heavy atom. The van der Waals surface area contributed by atoms with Crippen LogP contribution in [-0.4, -0.2) is 27.2 Å². The zero-order valence-electron chi connectivity index (χ0n) is 15.5. The van der Waals surface area contributed by atoms with E-state index in [0.29, 0.717) is 39.8 Å². The van der Waals surface area contributed by atoms with Gasteiger partial charge in [0.15, 0.2) is 0 Å². The number of fused-ring (bicyclic) bond motifs is 6. The first-order valence-electron chi connectivity index (χ1n) is 9.07. The monoisotopic (exact) mass is 388 g/mol. The lowest BCUT2D eigenvalue weighted by molar-refractivity contribution is 0.103. The van der Waals surface area contributed by atoms with Gasteiger partial charge in [-0.05, 0) is 60.7 Å². The van der Waals surface area contributed by atoms with Crippen molar-refractivity contribution in [2.24, 2.45) is 9.98 Å². The van der Waals surface area contributed by atoms with Crippen LogP contribution in [0.4, 0.5) is 0 Å². The fraction of sp³-hybridized carbons (Fsp3) is 0. The molecule has 3 aliphatic heterocycles. The molecule has 0 aliphatic carbocycles. The van der Waals surface area contributed by atoms with Crippen LogP contribution in [0.15, 0.2) is 81.2 Å². The zero-order chi connectivity index (χ0) is 20.7. The first kappa shape index (κ1) is 17.4. The van der Waals surface area contributed by atoms with Gasteiger partial charge in [-0.1, -0.05) is 0 Å². The summed E-state index contributed by atoms with van der Waals surface area (Å²) in [6, 6.07) is 9.01. The van der Waals surface area contributed by atoms with Crippen molar-refractivity contribution in [3.8, 4) is 6.07 Å². The summed E-state index contributed by atoms with van der Waals surface area (Å²) in [5.74, 6) is -0.144. The van der Waals surface area contributed by atoms with Crippen LogP contribution in [-0.2, 0) is 0 Å². The number of aromatic nitrogens is 2. The number of carbonyl (C=O) groups excluding carboxylic acids is 1. The molecule has 0 fully saturated rings. The third-order valence-corrected chi connectivity index (χ3v) is 4.80. The standard InChI is InChI=1S/C23H12N6O/c1-25-21(12-24)22-17-6-2-13(26-17)10-15-4-8-19(28-15)23(30)20-9-5-16(29-20)11-14-3-7-18(22)27-14/h2-11,28-29H. The Labute approximate surface area is 171 Å². The van der Waals surface area contributed by atoms with Gasteiger partial charge >= 0.3 is 0 Å². The fourth-order valence-electron chi connectivity index (χ4n) is 3.43. The SMILES string of the molecule is [C-]#[N+]C(C#N)=C1C2=NC(=Cc3ccc([nH]3)C(=O)c3ccc([nH]3)C=C3C=CC1=N3)C=C2. The Morgan fingerprint density at radius 2 is 1.43 bits per heavy atom. The van der Waals surface area contributed by atoms with Crippen molar-refractivity contribution in [3.05, 3.63) is 105 Å². The molecule has 30 heavy (non-hydrogen) atoms. The average molecular weight is 388 g/mol. The molecule has 140 valence electrons. The van der Waals surface area contributed by atoms with Crippen LogP contribution in [0.3, 0.4) is 0 Å². The van der Waals surface area contributed by atoms with Crippen LogP contribution < -0.4 is 0 Å². The summed E-state index contributed by atoms with van der Waals surface area (Å²) in [7, 11) is 0. The molecule has 0 aromatic carbocycles. The van der Waals surface area contributed by atoms with E-state index in [-0.39, 0.29) is 11.5 Å². The van der Waals surface area contributed by atoms with Crippen LogP contribution in [0.5, 0.6) is 0 Å². The van der Waals surface area contributed by atoms with E-state index < -0.39 is 0 Å². The Balaban J connectivity index is 1.74. The molecule has 3 aliphatic rings. The number of ketones is 1. The van der Waals surface area contributed by atoms with Crippen molar-refractivity contribution in [2.45, 2.75) is 0 Å². The van der Waals surface area contributed by atoms with Gasteiger partial charge in [0.05, 0.1) is 46.8 Å². The van der Waals surface area contributed by atoms with Gasteiger partial charge in [0.1, 0.15) is 0 Å². The third-order valence-electron chi connectivity index (χ3n) is 4.80. The van der Waals surface area contributed by atoms with Crippen LogP contribution in [0.25, 0.3) is 17.0 Å². The topological polar surface area (TPSA) is 102 Å². The quantitative estimate of drug-likeness (QED) is 0.527. The number of nitrogens with zero attached hydrogens (tertiary/aromatic N) is 4. The summed E-state index contributed by atoms with van der Waals surface area (Å²) >= 11 is 0. The van der Waals surface area contributed by atoms with Gasteiger partial charge in [-0.3, -0.25) is 4.79 Å². The Morgan fingerprint density at radius 1 is 0.900 bits per heavy atom. The minimum absolute atomic E-state index is 0.0691. The highest BCUT2D eigenvalue weighted by Gasteiger charge is 2.22. The molecule has 0 amide bonds. The molecule has 2 aromatic rings. The number of aromatic amines is 2. The molecule has 5 heterocycles. The fourth-order valence-corrected chi connectivity index (χ4v) is 3.43. The first-order valence-corrected chi connectivity index (χ1v) is 9.07. The van der Waals surface area contributed by atoms with Gasteiger partial charge in [-0.2, -0.15) is 0 Å². The highest BCUT2D eigenvalue weighted by atomic mass is 16.1. The molecule has 8 bridgehead atoms. The first-order chi connectivity index (χ1) is 14.6. The Bertz CT molecular complexity index is 1310. The van der Waals surface area contributed by atoms with Crippen molar-refractivity contribution >= 4 is 29.4 Å². The molecule has 2 aromatic heterocycles. The number of nitriles is 1. The summed E-state index contributed by atoms with van der Waals surface area (Å²) in [4.78, 5) is 31.4. The second kappa shape index (κ2) is 6.69. The molecule has 7 heteroatoms. The lowest BCUT2D eigenvalue weighted by atomic mass is 10.0. The van der Waals surface area contributed by atoms with Crippen molar-refractivity contribution in [2.75, 3.05) is 0 Å². The molecule has 2 N–H and O–H groups in total. The summed E-state index contributed by atoms with van der Waals surface area (Å²) in [5, 5.41) is 9.47. The van der Waals surface area contributed by atoms with E-state index in [2.05, 4.69) is 24.8 Å². The summed E-state index contributed by atoms with van der Waals surface area (Å²) in [5.41, 5.74) is 4.96. The number of carbonyl (C=O) groups is 1. The lowest BCUT2D eigenvalue weighted by Gasteiger charge is -2.04. The maximum atomic E-state index is 12.7. The number of nitrogens with one attached hydrogen (secondary N) is 2. The smallest absolute Gasteiger partial charge is 0.273 e. The zero-order valence-corrected chi connectivity index (χ0v) is 15.5. The minimum Gasteiger partial charge on any atom is -0.352 e. The number of hydrogen-bond donors (Lipinski definition) is 2. The van der Waals surface area contributed by atoms with E-state index in [9.17, 15) is 10.1 Å². The van der Waals surface area contributed by atoms with E-state index in [1.807, 2.05) is 6.07 Å². The lowest BCUT2D eigenvalue weighted by Crippen LogP contribution is -2.09. The molecule has 0 unspecified atom stereocenters. The Kier molecular flexibility index (Phi) is 3.87. The van der Waals surface area contributed by atoms with Crippen molar-refractivity contribution in [3.63, 3.8) is 0 Å². The van der Waals surface area contributed by atoms with Gasteiger partial charge < -0.3 is 9.97 Å². The maximum absolute atomic E-state index is 12.7. The predicted octanol–water partition coefficient (Wildman–Crippen LogP) is 3.99. The van der Waals surface area contributed by atoms with Gasteiger partial charge in [0, 0.05) is 17.0 Å². The average Bonchev–Trinajstić information content (AvgIpc) is 3.54. The third kappa shape index (κ3) is 2.88. The number of aliphatic imine (C=N–C) groups is 2. The van der Waals surface area contributed by atoms with Crippen molar-refractivity contribution in [1.29, 1.82) is 5.26 Å². The second-order valence-corrected chi connectivity index (χ2v) is 6.73. The minimum atomic E-state index is -0.144. The van der Waals surface area contributed by atoms with Gasteiger partial charge in [-0.25, -0.2) is 20.1 Å². The predicted molar refractivity (Wildman–Crippen MR) is 113 cm³/mol. The van der Waals surface area contributed by atoms with Crippen LogP contribution in [0.2, 0.25) is 0 Å². The summed E-state index contributed by atoms with van der Waals surface area (Å²) in [6.45, 7) is 7.40. The van der Waals surface area contributed by atoms with E-state index in [4.69, 9.17) is 6.57 Å². The number of H-pyrrole nitrogens is 2. The molecular weight excluding hydrogens is 376 g/mol. The molecule has 0 spiro atoms. The molecule has 0 radical (unpaired) electrons. The highest BCUT2D eigenvalue weighted by molar-refractivity contribution is 6.34. The molecule has 0 atom stereocenters. The van der Waals surface area contributed by atoms with E-state index in [1.165, 1.54) is 0 Å². The van der Waals surface area contributed by atoms with Crippen LogP contribution in [0, 0.1) is 17.9 Å². The molecule has 0 saturated carbocycles. The van der Waals surface area contributed by atoms with Gasteiger partial charge in [0.25, 0.3) is 5.70 Å². The molecule has 7 nitrogen and oxygen atoms in total. The number of rotatable bonds is 0. The summed E-state index contributed by atoms with van der Waals surface area (Å²) in [6.07, 6.45) is 10.7. The molecular formula is C23H12N6O. The van der Waals surface area contributed by atoms with Crippen LogP contribution >= 0.6 is 0 Å². The van der Waals surface area contributed by atoms with Crippen molar-refractivity contribution < 1.29 is 4.79 Å². The second-order valence-electron chi connectivity index (χ2n) is 6.73. The molecule has 5 rings (SSSR count). The largest absolute Gasteiger partial charge is 0.352 e. The van der Waals surface area contributed by atoms with E-state index >= 15 is 0 Å². The van der Waals surface area contributed by atoms with Gasteiger partial charge in [-0.15, -0.1) is 0 Å². The normalized spacial score (nSPS) is 16.5. The molecule has 0 saturated heterocycles. The highest BCUT2D eigenvalue weighted by Crippen LogP contribution is 2.25. The van der Waals surface area contributed by atoms with Crippen molar-refractivity contribution in [1.82, 2.24) is 9.97 Å². The summed E-state index contributed by atoms with van der Waals surface area (Å²) < 4.78 is 0.